The molecule has 2 saturated heterocycles. The predicted octanol–water partition coefficient (Wildman–Crippen LogP) is 5.25. The number of carbonyl (C=O) groups excluding carboxylic acids is 1. The molecule has 1 aromatic heterocycles. The van der Waals surface area contributed by atoms with Crippen molar-refractivity contribution in [1.82, 2.24) is 19.8 Å². The monoisotopic (exact) mass is 594 g/mol. The molecular formula is C31H36ClFN6O3. The third-order valence-electron chi connectivity index (χ3n) is 8.10. The van der Waals surface area contributed by atoms with Gasteiger partial charge in [-0.05, 0) is 69.0 Å². The van der Waals surface area contributed by atoms with Gasteiger partial charge in [-0.25, -0.2) is 14.4 Å². The van der Waals surface area contributed by atoms with Crippen LogP contribution in [0.4, 0.5) is 21.6 Å². The van der Waals surface area contributed by atoms with Gasteiger partial charge in [-0.3, -0.25) is 14.6 Å². The smallest absolute Gasteiger partial charge is 0.248 e. The van der Waals surface area contributed by atoms with Crippen LogP contribution in [-0.4, -0.2) is 84.3 Å². The van der Waals surface area contributed by atoms with Crippen LogP contribution in [0.3, 0.4) is 0 Å². The number of amides is 1. The maximum absolute atomic E-state index is 13.7. The van der Waals surface area contributed by atoms with E-state index < -0.39 is 5.82 Å². The summed E-state index contributed by atoms with van der Waals surface area (Å²) in [5.41, 5.74) is 1.78. The average molecular weight is 595 g/mol. The molecule has 0 unspecified atom stereocenters. The number of rotatable bonds is 10. The van der Waals surface area contributed by atoms with Crippen LogP contribution in [0, 0.1) is 11.7 Å². The highest BCUT2D eigenvalue weighted by Crippen LogP contribution is 2.36. The molecule has 0 bridgehead atoms. The number of likely N-dealkylation sites (tertiary alicyclic amines) is 1. The molecular weight excluding hydrogens is 559 g/mol. The number of piperidine rings is 1. The highest BCUT2D eigenvalue weighted by Gasteiger charge is 2.25. The molecule has 3 heterocycles. The molecule has 222 valence electrons. The summed E-state index contributed by atoms with van der Waals surface area (Å²) in [7, 11) is 0. The Labute approximate surface area is 250 Å². The number of benzene rings is 2. The fourth-order valence-electron chi connectivity index (χ4n) is 5.50. The normalized spacial score (nSPS) is 18.9. The van der Waals surface area contributed by atoms with Crippen molar-refractivity contribution >= 4 is 45.6 Å². The van der Waals surface area contributed by atoms with Crippen LogP contribution < -0.4 is 15.4 Å². The lowest BCUT2D eigenvalue weighted by Gasteiger charge is -2.39. The summed E-state index contributed by atoms with van der Waals surface area (Å²) in [5, 5.41) is 6.88. The highest BCUT2D eigenvalue weighted by molar-refractivity contribution is 6.31. The zero-order valence-electron chi connectivity index (χ0n) is 23.5. The van der Waals surface area contributed by atoms with Gasteiger partial charge in [-0.15, -0.1) is 0 Å². The van der Waals surface area contributed by atoms with Gasteiger partial charge < -0.3 is 20.1 Å². The van der Waals surface area contributed by atoms with Crippen LogP contribution in [0.25, 0.3) is 10.9 Å². The van der Waals surface area contributed by atoms with Gasteiger partial charge in [0.2, 0.25) is 5.91 Å². The molecule has 1 saturated carbocycles. The third-order valence-corrected chi connectivity index (χ3v) is 8.39. The molecule has 0 atom stereocenters. The first kappa shape index (κ1) is 28.8. The Hall–Kier alpha value is -3.31. The predicted molar refractivity (Wildman–Crippen MR) is 162 cm³/mol. The van der Waals surface area contributed by atoms with E-state index in [2.05, 4.69) is 30.4 Å². The van der Waals surface area contributed by atoms with E-state index in [0.717, 1.165) is 71.6 Å². The molecule has 2 N–H and O–H groups in total. The van der Waals surface area contributed by atoms with Crippen LogP contribution in [-0.2, 0) is 9.53 Å². The zero-order chi connectivity index (χ0) is 28.9. The number of hydrogen-bond donors (Lipinski definition) is 2. The minimum atomic E-state index is -0.497. The summed E-state index contributed by atoms with van der Waals surface area (Å²) in [6.45, 7) is 7.07. The molecule has 2 aliphatic heterocycles. The minimum Gasteiger partial charge on any atom is -0.491 e. The van der Waals surface area contributed by atoms with Gasteiger partial charge in [-0.1, -0.05) is 17.7 Å². The molecule has 0 radical (unpaired) electrons. The summed E-state index contributed by atoms with van der Waals surface area (Å²) in [4.78, 5) is 26.7. The summed E-state index contributed by atoms with van der Waals surface area (Å²) in [5.74, 6) is 0.884. The summed E-state index contributed by atoms with van der Waals surface area (Å²) in [6, 6.07) is 8.63. The van der Waals surface area contributed by atoms with Crippen molar-refractivity contribution in [2.45, 2.75) is 31.7 Å². The molecule has 6 rings (SSSR count). The number of aromatic nitrogens is 2. The number of fused-ring (bicyclic) bond motifs is 1. The first-order chi connectivity index (χ1) is 20.5. The van der Waals surface area contributed by atoms with Gasteiger partial charge in [0.15, 0.2) is 0 Å². The van der Waals surface area contributed by atoms with E-state index in [1.54, 1.807) is 12.1 Å². The van der Waals surface area contributed by atoms with Crippen molar-refractivity contribution in [2.75, 3.05) is 63.2 Å². The Kier molecular flexibility index (Phi) is 9.14. The average Bonchev–Trinajstić information content (AvgIpc) is 3.84. The molecule has 2 aromatic carbocycles. The Morgan fingerprint density at radius 1 is 1.10 bits per heavy atom. The van der Waals surface area contributed by atoms with Crippen molar-refractivity contribution in [2.24, 2.45) is 5.92 Å². The minimum absolute atomic E-state index is 0.00957. The molecule has 0 spiro atoms. The van der Waals surface area contributed by atoms with Gasteiger partial charge >= 0.3 is 0 Å². The maximum Gasteiger partial charge on any atom is 0.248 e. The van der Waals surface area contributed by atoms with Crippen molar-refractivity contribution in [1.29, 1.82) is 0 Å². The summed E-state index contributed by atoms with van der Waals surface area (Å²) >= 11 is 5.97. The topological polar surface area (TPSA) is 91.9 Å². The number of ether oxygens (including phenoxy) is 2. The third kappa shape index (κ3) is 7.36. The van der Waals surface area contributed by atoms with E-state index in [9.17, 15) is 9.18 Å². The number of halogens is 2. The number of morpholine rings is 1. The number of anilines is 3. The second-order valence-corrected chi connectivity index (χ2v) is 11.6. The molecule has 3 aliphatic rings. The fraction of sp³-hybridized carbons (Fsp3) is 0.452. The first-order valence-electron chi connectivity index (χ1n) is 14.7. The van der Waals surface area contributed by atoms with Crippen LogP contribution >= 0.6 is 11.6 Å². The van der Waals surface area contributed by atoms with E-state index >= 15 is 0 Å². The molecule has 11 heteroatoms. The van der Waals surface area contributed by atoms with Gasteiger partial charge in [0.05, 0.1) is 36.0 Å². The van der Waals surface area contributed by atoms with Crippen LogP contribution in [0.5, 0.6) is 5.75 Å². The van der Waals surface area contributed by atoms with Crippen LogP contribution in [0.15, 0.2) is 48.8 Å². The molecule has 42 heavy (non-hydrogen) atoms. The second kappa shape index (κ2) is 13.3. The summed E-state index contributed by atoms with van der Waals surface area (Å²) in [6.07, 6.45) is 9.54. The van der Waals surface area contributed by atoms with E-state index in [0.29, 0.717) is 52.4 Å². The Bertz CT molecular complexity index is 1440. The standard InChI is InChI=1S/C31H36ClFN6O3/c32-25-16-22(5-6-26(25)33)36-31-24-17-28(29(42-19-21-3-4-21)18-27(24)34-20-35-31)37-30(40)2-1-9-38-10-7-23(8-11-38)39-12-14-41-15-13-39/h1-2,5-6,16-18,20-21,23H,3-4,7-15,19H2,(H,37,40)(H,34,35,36)/b2-1+. The lowest BCUT2D eigenvalue weighted by molar-refractivity contribution is -0.111. The van der Waals surface area contributed by atoms with E-state index in [-0.39, 0.29) is 10.9 Å². The SMILES string of the molecule is O=C(/C=C/CN1CCC(N2CCOCC2)CC1)Nc1cc2c(Nc3ccc(F)c(Cl)c3)ncnc2cc1OCC1CC1. The van der Waals surface area contributed by atoms with Crippen LogP contribution in [0.2, 0.25) is 5.02 Å². The van der Waals surface area contributed by atoms with Gasteiger partial charge in [-0.2, -0.15) is 0 Å². The largest absolute Gasteiger partial charge is 0.491 e. The van der Waals surface area contributed by atoms with Gasteiger partial charge in [0, 0.05) is 48.9 Å². The molecule has 3 fully saturated rings. The van der Waals surface area contributed by atoms with Gasteiger partial charge in [0.25, 0.3) is 0 Å². The Morgan fingerprint density at radius 3 is 2.67 bits per heavy atom. The number of hydrogen-bond acceptors (Lipinski definition) is 8. The van der Waals surface area contributed by atoms with Crippen molar-refractivity contribution in [3.8, 4) is 5.75 Å². The Morgan fingerprint density at radius 2 is 1.90 bits per heavy atom. The van der Waals surface area contributed by atoms with Crippen molar-refractivity contribution < 1.29 is 18.7 Å². The van der Waals surface area contributed by atoms with Crippen molar-refractivity contribution in [3.63, 3.8) is 0 Å². The molecule has 1 aliphatic carbocycles. The lowest BCUT2D eigenvalue weighted by atomic mass is 10.0. The lowest BCUT2D eigenvalue weighted by Crippen LogP contribution is -2.49. The van der Waals surface area contributed by atoms with Crippen LogP contribution in [0.1, 0.15) is 25.7 Å². The zero-order valence-corrected chi connectivity index (χ0v) is 24.3. The van der Waals surface area contributed by atoms with E-state index in [1.165, 1.54) is 18.5 Å². The number of nitrogens with one attached hydrogen (secondary N) is 2. The van der Waals surface area contributed by atoms with E-state index in [1.807, 2.05) is 18.2 Å². The molecule has 9 nitrogen and oxygen atoms in total. The van der Waals surface area contributed by atoms with Gasteiger partial charge in [0.1, 0.15) is 23.7 Å². The molecule has 3 aromatic rings. The Balaban J connectivity index is 1.12. The second-order valence-electron chi connectivity index (χ2n) is 11.2. The number of carbonyl (C=O) groups is 1. The number of nitrogens with zero attached hydrogens (tertiary/aromatic N) is 4. The fourth-order valence-corrected chi connectivity index (χ4v) is 5.68. The first-order valence-corrected chi connectivity index (χ1v) is 15.0. The molecule has 1 amide bonds. The summed E-state index contributed by atoms with van der Waals surface area (Å²) < 4.78 is 25.3. The quantitative estimate of drug-likeness (QED) is 0.308. The highest BCUT2D eigenvalue weighted by atomic mass is 35.5. The maximum atomic E-state index is 13.7. The van der Waals surface area contributed by atoms with E-state index in [4.69, 9.17) is 21.1 Å². The van der Waals surface area contributed by atoms with Crippen molar-refractivity contribution in [3.05, 3.63) is 59.7 Å².